The smallest absolute Gasteiger partial charge is 0.112 e. The molecule has 0 amide bonds. The Hall–Kier alpha value is -2.50. The standard InChI is InChI=1S/C25H32N4O/c1-5-29-16-23(20(4)27-29)15-28-10-11-30-25(17-28)24-14-21(12-19(3)26-24)13-22-9-7-6-8-18(22)2/h6-9,12,14,16,25H,5,10-11,13,15,17H2,1-4H3/t25-/m1/s1. The van der Waals surface area contributed by atoms with Crippen LogP contribution < -0.4 is 0 Å². The lowest BCUT2D eigenvalue weighted by Gasteiger charge is -2.32. The van der Waals surface area contributed by atoms with Gasteiger partial charge in [0.25, 0.3) is 0 Å². The molecule has 0 bridgehead atoms. The van der Waals surface area contributed by atoms with Crippen molar-refractivity contribution >= 4 is 0 Å². The number of aromatic nitrogens is 3. The Morgan fingerprint density at radius 3 is 2.70 bits per heavy atom. The maximum Gasteiger partial charge on any atom is 0.112 e. The van der Waals surface area contributed by atoms with E-state index in [0.717, 1.165) is 56.3 Å². The van der Waals surface area contributed by atoms with Gasteiger partial charge in [0.2, 0.25) is 0 Å². The number of hydrogen-bond acceptors (Lipinski definition) is 4. The highest BCUT2D eigenvalue weighted by molar-refractivity contribution is 5.33. The lowest BCUT2D eigenvalue weighted by molar-refractivity contribution is -0.0351. The Balaban J connectivity index is 1.49. The van der Waals surface area contributed by atoms with E-state index in [9.17, 15) is 0 Å². The molecule has 0 aliphatic carbocycles. The van der Waals surface area contributed by atoms with Crippen molar-refractivity contribution < 1.29 is 4.74 Å². The lowest BCUT2D eigenvalue weighted by Crippen LogP contribution is -2.38. The van der Waals surface area contributed by atoms with Gasteiger partial charge in [-0.2, -0.15) is 5.10 Å². The number of benzene rings is 1. The van der Waals surface area contributed by atoms with E-state index in [1.807, 2.05) is 4.68 Å². The Labute approximate surface area is 179 Å². The first kappa shape index (κ1) is 20.8. The predicted octanol–water partition coefficient (Wildman–Crippen LogP) is 4.39. The van der Waals surface area contributed by atoms with Gasteiger partial charge in [0.05, 0.1) is 18.0 Å². The maximum absolute atomic E-state index is 6.15. The number of morpholine rings is 1. The van der Waals surface area contributed by atoms with E-state index < -0.39 is 0 Å². The SMILES string of the molecule is CCn1cc(CN2CCO[C@@H](c3cc(Cc4ccccc4C)cc(C)n3)C2)c(C)n1. The van der Waals surface area contributed by atoms with Gasteiger partial charge in [-0.25, -0.2) is 0 Å². The minimum absolute atomic E-state index is 0.01000. The summed E-state index contributed by atoms with van der Waals surface area (Å²) >= 11 is 0. The number of rotatable bonds is 6. The van der Waals surface area contributed by atoms with E-state index in [1.54, 1.807) is 0 Å². The van der Waals surface area contributed by atoms with Gasteiger partial charge in [-0.3, -0.25) is 14.6 Å². The van der Waals surface area contributed by atoms with Crippen molar-refractivity contribution in [2.45, 2.75) is 53.3 Å². The highest BCUT2D eigenvalue weighted by Gasteiger charge is 2.24. The van der Waals surface area contributed by atoms with Gasteiger partial charge in [-0.15, -0.1) is 0 Å². The molecular formula is C25H32N4O. The summed E-state index contributed by atoms with van der Waals surface area (Å²) in [6.45, 7) is 12.8. The zero-order chi connectivity index (χ0) is 21.1. The van der Waals surface area contributed by atoms with Crippen molar-refractivity contribution in [3.05, 3.63) is 81.9 Å². The molecule has 2 aromatic heterocycles. The number of pyridine rings is 1. The van der Waals surface area contributed by atoms with Crippen LogP contribution in [0.15, 0.2) is 42.6 Å². The molecule has 1 aliphatic heterocycles. The normalized spacial score (nSPS) is 17.4. The predicted molar refractivity (Wildman–Crippen MR) is 120 cm³/mol. The van der Waals surface area contributed by atoms with E-state index >= 15 is 0 Å². The molecule has 0 saturated carbocycles. The number of ether oxygens (including phenoxy) is 1. The Morgan fingerprint density at radius 1 is 1.10 bits per heavy atom. The summed E-state index contributed by atoms with van der Waals surface area (Å²) in [5.41, 5.74) is 8.51. The van der Waals surface area contributed by atoms with Crippen LogP contribution >= 0.6 is 0 Å². The molecule has 0 N–H and O–H groups in total. The Kier molecular flexibility index (Phi) is 6.30. The third kappa shape index (κ3) is 4.79. The monoisotopic (exact) mass is 404 g/mol. The highest BCUT2D eigenvalue weighted by Crippen LogP contribution is 2.25. The van der Waals surface area contributed by atoms with E-state index in [-0.39, 0.29) is 6.10 Å². The van der Waals surface area contributed by atoms with Crippen LogP contribution in [0.5, 0.6) is 0 Å². The number of aryl methyl sites for hydroxylation is 4. The van der Waals surface area contributed by atoms with E-state index in [4.69, 9.17) is 9.72 Å². The van der Waals surface area contributed by atoms with Crippen molar-refractivity contribution in [1.82, 2.24) is 19.7 Å². The fourth-order valence-corrected chi connectivity index (χ4v) is 4.21. The van der Waals surface area contributed by atoms with Crippen molar-refractivity contribution in [3.63, 3.8) is 0 Å². The Morgan fingerprint density at radius 2 is 1.93 bits per heavy atom. The third-order valence-corrected chi connectivity index (χ3v) is 5.94. The average molecular weight is 405 g/mol. The minimum Gasteiger partial charge on any atom is -0.369 e. The van der Waals surface area contributed by atoms with Gasteiger partial charge in [0.15, 0.2) is 0 Å². The van der Waals surface area contributed by atoms with Crippen LogP contribution in [0, 0.1) is 20.8 Å². The fraction of sp³-hybridized carbons (Fsp3) is 0.440. The van der Waals surface area contributed by atoms with Gasteiger partial charge < -0.3 is 4.74 Å². The van der Waals surface area contributed by atoms with E-state index in [1.165, 1.54) is 22.3 Å². The molecule has 3 heterocycles. The highest BCUT2D eigenvalue weighted by atomic mass is 16.5. The molecule has 1 saturated heterocycles. The molecule has 0 radical (unpaired) electrons. The topological polar surface area (TPSA) is 43.2 Å². The second-order valence-electron chi connectivity index (χ2n) is 8.33. The van der Waals surface area contributed by atoms with Gasteiger partial charge in [-0.05, 0) is 62.9 Å². The van der Waals surface area contributed by atoms with E-state index in [0.29, 0.717) is 0 Å². The van der Waals surface area contributed by atoms with Crippen molar-refractivity contribution in [2.24, 2.45) is 0 Å². The second-order valence-corrected chi connectivity index (χ2v) is 8.33. The summed E-state index contributed by atoms with van der Waals surface area (Å²) in [7, 11) is 0. The average Bonchev–Trinajstić information content (AvgIpc) is 3.09. The van der Waals surface area contributed by atoms with Crippen molar-refractivity contribution in [2.75, 3.05) is 19.7 Å². The molecule has 30 heavy (non-hydrogen) atoms. The summed E-state index contributed by atoms with van der Waals surface area (Å²) in [5.74, 6) is 0. The molecule has 4 rings (SSSR count). The lowest BCUT2D eigenvalue weighted by atomic mass is 9.99. The molecule has 1 fully saturated rings. The molecule has 158 valence electrons. The van der Waals surface area contributed by atoms with Gasteiger partial charge in [-0.1, -0.05) is 24.3 Å². The zero-order valence-corrected chi connectivity index (χ0v) is 18.6. The summed E-state index contributed by atoms with van der Waals surface area (Å²) in [5, 5.41) is 4.59. The molecule has 5 heteroatoms. The van der Waals surface area contributed by atoms with Crippen LogP contribution in [0.1, 0.15) is 52.4 Å². The van der Waals surface area contributed by atoms with Crippen LogP contribution in [0.3, 0.4) is 0 Å². The van der Waals surface area contributed by atoms with Gasteiger partial charge >= 0.3 is 0 Å². The van der Waals surface area contributed by atoms with Crippen LogP contribution in [0.4, 0.5) is 0 Å². The molecule has 1 atom stereocenters. The van der Waals surface area contributed by atoms with Gasteiger partial charge in [0, 0.05) is 43.6 Å². The summed E-state index contributed by atoms with van der Waals surface area (Å²) in [4.78, 5) is 7.29. The summed E-state index contributed by atoms with van der Waals surface area (Å²) in [6.07, 6.45) is 3.11. The largest absolute Gasteiger partial charge is 0.369 e. The first-order valence-electron chi connectivity index (χ1n) is 10.9. The molecule has 1 aromatic carbocycles. The van der Waals surface area contributed by atoms with Crippen molar-refractivity contribution in [3.8, 4) is 0 Å². The molecule has 5 nitrogen and oxygen atoms in total. The first-order chi connectivity index (χ1) is 14.5. The third-order valence-electron chi connectivity index (χ3n) is 5.94. The second kappa shape index (κ2) is 9.11. The molecule has 1 aliphatic rings. The van der Waals surface area contributed by atoms with Crippen LogP contribution in [-0.2, 0) is 24.2 Å². The van der Waals surface area contributed by atoms with Crippen molar-refractivity contribution in [1.29, 1.82) is 0 Å². The molecule has 0 spiro atoms. The Bertz CT molecular complexity index is 1010. The van der Waals surface area contributed by atoms with Crippen LogP contribution in [0.2, 0.25) is 0 Å². The fourth-order valence-electron chi connectivity index (χ4n) is 4.21. The van der Waals surface area contributed by atoms with Crippen LogP contribution in [-0.4, -0.2) is 39.4 Å². The molecule has 3 aromatic rings. The van der Waals surface area contributed by atoms with Crippen LogP contribution in [0.25, 0.3) is 0 Å². The first-order valence-corrected chi connectivity index (χ1v) is 10.9. The summed E-state index contributed by atoms with van der Waals surface area (Å²) < 4.78 is 8.16. The molecular weight excluding hydrogens is 372 g/mol. The molecule has 0 unspecified atom stereocenters. The minimum atomic E-state index is 0.01000. The maximum atomic E-state index is 6.15. The van der Waals surface area contributed by atoms with Gasteiger partial charge in [0.1, 0.15) is 6.10 Å². The zero-order valence-electron chi connectivity index (χ0n) is 18.6. The quantitative estimate of drug-likeness (QED) is 0.611. The summed E-state index contributed by atoms with van der Waals surface area (Å²) in [6, 6.07) is 13.0. The number of hydrogen-bond donors (Lipinski definition) is 0. The number of nitrogens with zero attached hydrogens (tertiary/aromatic N) is 4. The van der Waals surface area contributed by atoms with E-state index in [2.05, 4.69) is 80.3 Å².